The van der Waals surface area contributed by atoms with Crippen molar-refractivity contribution in [3.05, 3.63) is 51.8 Å². The van der Waals surface area contributed by atoms with Gasteiger partial charge in [0.2, 0.25) is 0 Å². The highest BCUT2D eigenvalue weighted by atomic mass is 35.5. The third kappa shape index (κ3) is 2.31. The first-order chi connectivity index (χ1) is 9.66. The lowest BCUT2D eigenvalue weighted by Crippen LogP contribution is -2.24. The van der Waals surface area contributed by atoms with Gasteiger partial charge in [0, 0.05) is 29.9 Å². The van der Waals surface area contributed by atoms with Crippen LogP contribution in [0.15, 0.2) is 24.3 Å². The van der Waals surface area contributed by atoms with Gasteiger partial charge in [-0.3, -0.25) is 9.48 Å². The Bertz CT molecular complexity index is 663. The van der Waals surface area contributed by atoms with E-state index < -0.39 is 0 Å². The smallest absolute Gasteiger partial charge is 0.272 e. The second-order valence-corrected chi connectivity index (χ2v) is 5.43. The van der Waals surface area contributed by atoms with Crippen molar-refractivity contribution in [3.63, 3.8) is 0 Å². The number of rotatable bonds is 3. The Morgan fingerprint density at radius 1 is 1.40 bits per heavy atom. The number of carbonyl (C=O) groups excluding carboxylic acids is 1. The topological polar surface area (TPSA) is 46.9 Å². The van der Waals surface area contributed by atoms with E-state index in [4.69, 9.17) is 11.6 Å². The van der Waals surface area contributed by atoms with Crippen LogP contribution in [0.3, 0.4) is 0 Å². The second kappa shape index (κ2) is 5.29. The highest BCUT2D eigenvalue weighted by molar-refractivity contribution is 6.31. The summed E-state index contributed by atoms with van der Waals surface area (Å²) in [6, 6.07) is 7.51. The lowest BCUT2D eigenvalue weighted by Gasteiger charge is -2.06. The van der Waals surface area contributed by atoms with Crippen LogP contribution in [0.1, 0.15) is 33.7 Å². The fourth-order valence-corrected chi connectivity index (χ4v) is 2.90. The molecule has 2 aromatic rings. The number of aryl methyl sites for hydroxylation is 1. The monoisotopic (exact) mass is 289 g/mol. The molecule has 1 aliphatic carbocycles. The predicted octanol–water partition coefficient (Wildman–Crippen LogP) is 2.49. The Kier molecular flexibility index (Phi) is 3.49. The first kappa shape index (κ1) is 13.2. The van der Waals surface area contributed by atoms with E-state index in [0.29, 0.717) is 17.3 Å². The molecule has 20 heavy (non-hydrogen) atoms. The van der Waals surface area contributed by atoms with Gasteiger partial charge < -0.3 is 5.32 Å². The molecule has 104 valence electrons. The fraction of sp³-hybridized carbons (Fsp3) is 0.333. The van der Waals surface area contributed by atoms with Gasteiger partial charge >= 0.3 is 0 Å². The molecule has 1 N–H and O–H groups in total. The summed E-state index contributed by atoms with van der Waals surface area (Å²) in [5.74, 6) is -0.122. The molecule has 1 aliphatic rings. The average molecular weight is 290 g/mol. The molecule has 0 aliphatic heterocycles. The standard InChI is InChI=1S/C15H16ClN3O/c1-19-13-8-4-6-11(13)14(18-19)15(20)17-9-10-5-2-3-7-12(10)16/h2-3,5,7H,4,6,8-9H2,1H3,(H,17,20). The first-order valence-electron chi connectivity index (χ1n) is 6.73. The number of fused-ring (bicyclic) bond motifs is 1. The highest BCUT2D eigenvalue weighted by Crippen LogP contribution is 2.24. The van der Waals surface area contributed by atoms with Crippen LogP contribution in [0.5, 0.6) is 0 Å². The normalized spacial score (nSPS) is 13.3. The van der Waals surface area contributed by atoms with Gasteiger partial charge in [-0.1, -0.05) is 29.8 Å². The number of nitrogens with zero attached hydrogens (tertiary/aromatic N) is 2. The quantitative estimate of drug-likeness (QED) is 0.944. The fourth-order valence-electron chi connectivity index (χ4n) is 2.69. The molecular weight excluding hydrogens is 274 g/mol. The predicted molar refractivity (Wildman–Crippen MR) is 77.9 cm³/mol. The Morgan fingerprint density at radius 2 is 2.20 bits per heavy atom. The van der Waals surface area contributed by atoms with E-state index in [0.717, 1.165) is 30.4 Å². The van der Waals surface area contributed by atoms with Crippen molar-refractivity contribution >= 4 is 17.5 Å². The minimum Gasteiger partial charge on any atom is -0.347 e. The molecule has 0 unspecified atom stereocenters. The number of hydrogen-bond donors (Lipinski definition) is 1. The van der Waals surface area contributed by atoms with Crippen molar-refractivity contribution in [2.24, 2.45) is 7.05 Å². The summed E-state index contributed by atoms with van der Waals surface area (Å²) in [7, 11) is 1.90. The van der Waals surface area contributed by atoms with Crippen molar-refractivity contribution in [1.82, 2.24) is 15.1 Å². The summed E-state index contributed by atoms with van der Waals surface area (Å²) in [6.45, 7) is 0.420. The molecule has 4 nitrogen and oxygen atoms in total. The summed E-state index contributed by atoms with van der Waals surface area (Å²) < 4.78 is 1.83. The SMILES string of the molecule is Cn1nc(C(=O)NCc2ccccc2Cl)c2c1CCC2. The Hall–Kier alpha value is -1.81. The van der Waals surface area contributed by atoms with Gasteiger partial charge in [-0.15, -0.1) is 0 Å². The Balaban J connectivity index is 1.75. The van der Waals surface area contributed by atoms with E-state index in [1.54, 1.807) is 0 Å². The molecule has 0 saturated heterocycles. The summed E-state index contributed by atoms with van der Waals surface area (Å²) in [5.41, 5.74) is 3.76. The van der Waals surface area contributed by atoms with Gasteiger partial charge in [-0.05, 0) is 30.9 Å². The van der Waals surface area contributed by atoms with Crippen LogP contribution in [-0.2, 0) is 26.4 Å². The summed E-state index contributed by atoms with van der Waals surface area (Å²) in [5, 5.41) is 7.90. The first-order valence-corrected chi connectivity index (χ1v) is 7.11. The molecule has 1 aromatic heterocycles. The molecule has 1 heterocycles. The number of amides is 1. The minimum atomic E-state index is -0.122. The maximum atomic E-state index is 12.3. The van der Waals surface area contributed by atoms with Crippen LogP contribution in [0.4, 0.5) is 0 Å². The number of hydrogen-bond acceptors (Lipinski definition) is 2. The molecule has 3 rings (SSSR count). The minimum absolute atomic E-state index is 0.122. The van der Waals surface area contributed by atoms with E-state index in [-0.39, 0.29) is 5.91 Å². The molecule has 0 saturated carbocycles. The zero-order chi connectivity index (χ0) is 14.1. The van der Waals surface area contributed by atoms with E-state index >= 15 is 0 Å². The zero-order valence-corrected chi connectivity index (χ0v) is 12.1. The van der Waals surface area contributed by atoms with Crippen molar-refractivity contribution in [1.29, 1.82) is 0 Å². The molecule has 5 heteroatoms. The van der Waals surface area contributed by atoms with Gasteiger partial charge in [0.1, 0.15) is 0 Å². The zero-order valence-electron chi connectivity index (χ0n) is 11.3. The molecule has 1 aromatic carbocycles. The summed E-state index contributed by atoms with van der Waals surface area (Å²) in [4.78, 5) is 12.3. The molecule has 0 fully saturated rings. The van der Waals surface area contributed by atoms with Gasteiger partial charge in [0.05, 0.1) is 0 Å². The molecule has 0 radical (unpaired) electrons. The number of aromatic nitrogens is 2. The number of carbonyl (C=O) groups is 1. The number of nitrogens with one attached hydrogen (secondary N) is 1. The summed E-state index contributed by atoms with van der Waals surface area (Å²) >= 11 is 6.08. The molecule has 1 amide bonds. The Morgan fingerprint density at radius 3 is 3.00 bits per heavy atom. The Labute approximate surface area is 122 Å². The number of halogens is 1. The lowest BCUT2D eigenvalue weighted by atomic mass is 10.2. The van der Waals surface area contributed by atoms with Gasteiger partial charge in [0.25, 0.3) is 5.91 Å². The molecular formula is C15H16ClN3O. The number of benzene rings is 1. The molecule has 0 atom stereocenters. The largest absolute Gasteiger partial charge is 0.347 e. The van der Waals surface area contributed by atoms with Crippen LogP contribution < -0.4 is 5.32 Å². The third-order valence-corrected chi connectivity index (χ3v) is 4.10. The van der Waals surface area contributed by atoms with Crippen LogP contribution >= 0.6 is 11.6 Å². The highest BCUT2D eigenvalue weighted by Gasteiger charge is 2.24. The van der Waals surface area contributed by atoms with Crippen molar-refractivity contribution in [2.75, 3.05) is 0 Å². The van der Waals surface area contributed by atoms with Crippen molar-refractivity contribution in [3.8, 4) is 0 Å². The molecule has 0 bridgehead atoms. The second-order valence-electron chi connectivity index (χ2n) is 5.03. The summed E-state index contributed by atoms with van der Waals surface area (Å²) in [6.07, 6.45) is 3.06. The van der Waals surface area contributed by atoms with Crippen LogP contribution in [0.25, 0.3) is 0 Å². The van der Waals surface area contributed by atoms with Crippen LogP contribution in [0, 0.1) is 0 Å². The van der Waals surface area contributed by atoms with Gasteiger partial charge in [-0.25, -0.2) is 0 Å². The molecule has 0 spiro atoms. The van der Waals surface area contributed by atoms with E-state index in [2.05, 4.69) is 10.4 Å². The maximum Gasteiger partial charge on any atom is 0.272 e. The van der Waals surface area contributed by atoms with E-state index in [1.807, 2.05) is 36.0 Å². The van der Waals surface area contributed by atoms with Crippen molar-refractivity contribution in [2.45, 2.75) is 25.8 Å². The maximum absolute atomic E-state index is 12.3. The van der Waals surface area contributed by atoms with Crippen LogP contribution in [-0.4, -0.2) is 15.7 Å². The van der Waals surface area contributed by atoms with Crippen LogP contribution in [0.2, 0.25) is 5.02 Å². The van der Waals surface area contributed by atoms with E-state index in [1.165, 1.54) is 5.69 Å². The van der Waals surface area contributed by atoms with Gasteiger partial charge in [0.15, 0.2) is 5.69 Å². The third-order valence-electron chi connectivity index (χ3n) is 3.73. The van der Waals surface area contributed by atoms with E-state index in [9.17, 15) is 4.79 Å². The van der Waals surface area contributed by atoms with Crippen molar-refractivity contribution < 1.29 is 4.79 Å². The lowest BCUT2D eigenvalue weighted by molar-refractivity contribution is 0.0944. The average Bonchev–Trinajstić information content (AvgIpc) is 3.02. The van der Waals surface area contributed by atoms with Gasteiger partial charge in [-0.2, -0.15) is 5.10 Å².